The Hall–Kier alpha value is -1.85. The molecule has 3 fully saturated rings. The first-order chi connectivity index (χ1) is 13.2. The molecule has 0 saturated heterocycles. The zero-order chi connectivity index (χ0) is 20.5. The molecular weight excluding hydrogens is 360 g/mol. The van der Waals surface area contributed by atoms with Gasteiger partial charge in [-0.1, -0.05) is 38.8 Å². The van der Waals surface area contributed by atoms with Crippen LogP contribution >= 0.6 is 0 Å². The van der Waals surface area contributed by atoms with Crippen LogP contribution in [0.4, 0.5) is 4.79 Å². The third-order valence-corrected chi connectivity index (χ3v) is 8.74. The Balaban J connectivity index is 1.94. The number of ether oxygens (including phenoxy) is 2. The molecule has 0 heterocycles. The summed E-state index contributed by atoms with van der Waals surface area (Å²) in [5, 5.41) is 10.7. The highest BCUT2D eigenvalue weighted by Crippen LogP contribution is 2.82. The summed E-state index contributed by atoms with van der Waals surface area (Å²) in [4.78, 5) is 37.7. The molecule has 4 rings (SSSR count). The maximum atomic E-state index is 13.1. The minimum Gasteiger partial charge on any atom is -0.481 e. The van der Waals surface area contributed by atoms with Gasteiger partial charge in [0.25, 0.3) is 0 Å². The standard InChI is InChI=1S/C22H30O6/c1-12(2)17-7-14-8-20(10-23)16-6-5-13(3)15(16)9-21(14,11-28-19(26)27-4)22(17,20)18(24)25/h7,10,12-16H,5-6,8-9,11H2,1-4H3,(H,24,25)/t13-,14+,15-,16-,20-,21+,22+/m1/s1. The van der Waals surface area contributed by atoms with Crippen molar-refractivity contribution in [2.75, 3.05) is 13.7 Å². The second kappa shape index (κ2) is 6.07. The third-order valence-electron chi connectivity index (χ3n) is 8.74. The summed E-state index contributed by atoms with van der Waals surface area (Å²) in [6.07, 6.45) is 5.38. The van der Waals surface area contributed by atoms with E-state index in [4.69, 9.17) is 4.74 Å². The van der Waals surface area contributed by atoms with Crippen molar-refractivity contribution in [3.8, 4) is 0 Å². The van der Waals surface area contributed by atoms with Crippen LogP contribution in [0.2, 0.25) is 0 Å². The first kappa shape index (κ1) is 19.5. The highest BCUT2D eigenvalue weighted by molar-refractivity contribution is 5.90. The van der Waals surface area contributed by atoms with Crippen molar-refractivity contribution in [3.05, 3.63) is 11.6 Å². The summed E-state index contributed by atoms with van der Waals surface area (Å²) in [5.41, 5.74) is -2.17. The van der Waals surface area contributed by atoms with Crippen molar-refractivity contribution < 1.29 is 29.0 Å². The largest absolute Gasteiger partial charge is 0.507 e. The highest BCUT2D eigenvalue weighted by Gasteiger charge is 2.84. The molecule has 0 radical (unpaired) electrons. The molecular formula is C22H30O6. The number of fused-ring (bicyclic) bond motifs is 2. The summed E-state index contributed by atoms with van der Waals surface area (Å²) in [6.45, 7) is 6.17. The van der Waals surface area contributed by atoms with Gasteiger partial charge in [-0.05, 0) is 48.9 Å². The number of aliphatic carboxylic acids is 1. The molecule has 4 bridgehead atoms. The lowest BCUT2D eigenvalue weighted by Gasteiger charge is -2.58. The monoisotopic (exact) mass is 390 g/mol. The molecule has 1 N–H and O–H groups in total. The molecule has 3 saturated carbocycles. The van der Waals surface area contributed by atoms with Crippen LogP contribution in [0.25, 0.3) is 0 Å². The Labute approximate surface area is 165 Å². The van der Waals surface area contributed by atoms with Crippen molar-refractivity contribution in [1.29, 1.82) is 0 Å². The van der Waals surface area contributed by atoms with E-state index in [1.807, 2.05) is 13.8 Å². The lowest BCUT2D eigenvalue weighted by atomic mass is 9.43. The number of hydrogen-bond acceptors (Lipinski definition) is 5. The van der Waals surface area contributed by atoms with E-state index in [1.54, 1.807) is 0 Å². The number of carbonyl (C=O) groups is 3. The van der Waals surface area contributed by atoms with Gasteiger partial charge < -0.3 is 19.4 Å². The van der Waals surface area contributed by atoms with Crippen molar-refractivity contribution in [2.45, 2.75) is 46.5 Å². The predicted molar refractivity (Wildman–Crippen MR) is 100 cm³/mol. The number of hydrogen-bond donors (Lipinski definition) is 1. The van der Waals surface area contributed by atoms with Crippen molar-refractivity contribution >= 4 is 18.4 Å². The molecule has 0 aromatic carbocycles. The third kappa shape index (κ3) is 1.92. The minimum atomic E-state index is -1.31. The number of aldehydes is 1. The molecule has 7 atom stereocenters. The molecule has 4 aliphatic rings. The van der Waals surface area contributed by atoms with Crippen LogP contribution in [0.1, 0.15) is 46.5 Å². The molecule has 0 amide bonds. The van der Waals surface area contributed by atoms with E-state index < -0.39 is 28.4 Å². The van der Waals surface area contributed by atoms with Gasteiger partial charge >= 0.3 is 12.1 Å². The lowest BCUT2D eigenvalue weighted by molar-refractivity contribution is -0.184. The van der Waals surface area contributed by atoms with Crippen molar-refractivity contribution in [1.82, 2.24) is 0 Å². The van der Waals surface area contributed by atoms with E-state index in [0.29, 0.717) is 18.8 Å². The molecule has 4 aliphatic carbocycles. The van der Waals surface area contributed by atoms with Gasteiger partial charge in [-0.3, -0.25) is 4.79 Å². The Bertz CT molecular complexity index is 756. The minimum absolute atomic E-state index is 0.00797. The second-order valence-corrected chi connectivity index (χ2v) is 9.73. The Morgan fingerprint density at radius 3 is 2.61 bits per heavy atom. The Kier molecular flexibility index (Phi) is 4.22. The Morgan fingerprint density at radius 1 is 1.32 bits per heavy atom. The van der Waals surface area contributed by atoms with Gasteiger partial charge in [0.15, 0.2) is 0 Å². The number of allylic oxidation sites excluding steroid dienone is 1. The van der Waals surface area contributed by atoms with E-state index in [2.05, 4.69) is 17.7 Å². The summed E-state index contributed by atoms with van der Waals surface area (Å²) >= 11 is 0. The molecule has 0 aromatic rings. The highest BCUT2D eigenvalue weighted by atomic mass is 16.7. The molecule has 0 spiro atoms. The van der Waals surface area contributed by atoms with Crippen LogP contribution in [0.3, 0.4) is 0 Å². The zero-order valence-corrected chi connectivity index (χ0v) is 17.1. The summed E-state index contributed by atoms with van der Waals surface area (Å²) in [5.74, 6) is -0.208. The molecule has 154 valence electrons. The molecule has 0 aromatic heterocycles. The molecule has 28 heavy (non-hydrogen) atoms. The van der Waals surface area contributed by atoms with Gasteiger partial charge in [-0.2, -0.15) is 0 Å². The van der Waals surface area contributed by atoms with E-state index in [9.17, 15) is 19.5 Å². The van der Waals surface area contributed by atoms with Crippen LogP contribution in [0.5, 0.6) is 0 Å². The average molecular weight is 390 g/mol. The van der Waals surface area contributed by atoms with Gasteiger partial charge in [0.2, 0.25) is 0 Å². The zero-order valence-electron chi connectivity index (χ0n) is 17.1. The van der Waals surface area contributed by atoms with E-state index in [-0.39, 0.29) is 30.3 Å². The fourth-order valence-corrected chi connectivity index (χ4v) is 7.88. The van der Waals surface area contributed by atoms with Gasteiger partial charge in [0.1, 0.15) is 18.3 Å². The quantitative estimate of drug-likeness (QED) is 0.437. The summed E-state index contributed by atoms with van der Waals surface area (Å²) in [6, 6.07) is 0. The number of carboxylic acid groups (broad SMARTS) is 1. The molecule has 0 unspecified atom stereocenters. The van der Waals surface area contributed by atoms with E-state index >= 15 is 0 Å². The van der Waals surface area contributed by atoms with Crippen LogP contribution in [-0.4, -0.2) is 37.2 Å². The topological polar surface area (TPSA) is 89.9 Å². The first-order valence-corrected chi connectivity index (χ1v) is 10.3. The van der Waals surface area contributed by atoms with Crippen LogP contribution < -0.4 is 0 Å². The molecule has 6 nitrogen and oxygen atoms in total. The van der Waals surface area contributed by atoms with Crippen molar-refractivity contribution in [3.63, 3.8) is 0 Å². The van der Waals surface area contributed by atoms with Gasteiger partial charge in [0.05, 0.1) is 12.5 Å². The fraction of sp³-hybridized carbons (Fsp3) is 0.773. The smallest absolute Gasteiger partial charge is 0.481 e. The van der Waals surface area contributed by atoms with Gasteiger partial charge in [0, 0.05) is 5.41 Å². The molecule has 0 aliphatic heterocycles. The van der Waals surface area contributed by atoms with Crippen molar-refractivity contribution in [2.24, 2.45) is 45.8 Å². The second-order valence-electron chi connectivity index (χ2n) is 9.73. The number of carbonyl (C=O) groups excluding carboxylic acids is 2. The summed E-state index contributed by atoms with van der Waals surface area (Å²) in [7, 11) is 1.25. The van der Waals surface area contributed by atoms with E-state index in [0.717, 1.165) is 24.7 Å². The lowest BCUT2D eigenvalue weighted by Crippen LogP contribution is -2.63. The summed E-state index contributed by atoms with van der Waals surface area (Å²) < 4.78 is 10.1. The average Bonchev–Trinajstić information content (AvgIpc) is 3.23. The normalized spacial score (nSPS) is 45.5. The van der Waals surface area contributed by atoms with Crippen LogP contribution in [0, 0.1) is 45.8 Å². The number of carboxylic acids is 1. The van der Waals surface area contributed by atoms with Crippen LogP contribution in [0.15, 0.2) is 11.6 Å². The fourth-order valence-electron chi connectivity index (χ4n) is 7.88. The number of rotatable bonds is 5. The van der Waals surface area contributed by atoms with Gasteiger partial charge in [-0.15, -0.1) is 0 Å². The maximum Gasteiger partial charge on any atom is 0.507 e. The van der Waals surface area contributed by atoms with Crippen LogP contribution in [-0.2, 0) is 19.1 Å². The first-order valence-electron chi connectivity index (χ1n) is 10.3. The SMILES string of the molecule is COC(=O)OC[C@@]12C[C@@H]3[C@H](C)CC[C@H]3[C@]3(C=O)C[C@@H]1C=C(C(C)C)[C@@]23C(=O)O. The predicted octanol–water partition coefficient (Wildman–Crippen LogP) is 3.69. The van der Waals surface area contributed by atoms with E-state index in [1.165, 1.54) is 7.11 Å². The maximum absolute atomic E-state index is 13.1. The van der Waals surface area contributed by atoms with Gasteiger partial charge in [-0.25, -0.2) is 4.79 Å². The Morgan fingerprint density at radius 2 is 2.04 bits per heavy atom. The number of methoxy groups -OCH3 is 1. The molecule has 6 heteroatoms.